The number of hydrogen-bond donors (Lipinski definition) is 2. The third-order valence-corrected chi connectivity index (χ3v) is 5.01. The smallest absolute Gasteiger partial charge is 0.274 e. The predicted molar refractivity (Wildman–Crippen MR) is 103 cm³/mol. The highest BCUT2D eigenvalue weighted by molar-refractivity contribution is 5.94. The number of nitrogens with zero attached hydrogens (tertiary/aromatic N) is 1. The van der Waals surface area contributed by atoms with E-state index in [2.05, 4.69) is 0 Å². The fraction of sp³-hybridized carbons (Fsp3) is 0.333. The summed E-state index contributed by atoms with van der Waals surface area (Å²) in [5.41, 5.74) is 2.74. The quantitative estimate of drug-likeness (QED) is 0.625. The van der Waals surface area contributed by atoms with Crippen molar-refractivity contribution in [3.63, 3.8) is 0 Å². The zero-order chi connectivity index (χ0) is 20.3. The van der Waals surface area contributed by atoms with E-state index in [1.165, 1.54) is 0 Å². The van der Waals surface area contributed by atoms with Crippen LogP contribution >= 0.6 is 0 Å². The van der Waals surface area contributed by atoms with E-state index in [0.29, 0.717) is 31.2 Å². The molecule has 0 unspecified atom stereocenters. The molecule has 1 aliphatic rings. The number of methoxy groups -OCH3 is 1. The Labute approximate surface area is 163 Å². The summed E-state index contributed by atoms with van der Waals surface area (Å²) < 4.78 is 11.2. The lowest BCUT2D eigenvalue weighted by atomic mass is 9.82. The number of rotatable bonds is 4. The molecule has 0 aromatic heterocycles. The molecule has 28 heavy (non-hydrogen) atoms. The summed E-state index contributed by atoms with van der Waals surface area (Å²) in [4.78, 5) is 26.8. The van der Waals surface area contributed by atoms with Gasteiger partial charge < -0.3 is 14.4 Å². The van der Waals surface area contributed by atoms with Crippen LogP contribution in [0.5, 0.6) is 11.5 Å². The van der Waals surface area contributed by atoms with E-state index in [1.807, 2.05) is 38.1 Å². The van der Waals surface area contributed by atoms with Crippen molar-refractivity contribution >= 4 is 11.8 Å². The predicted octanol–water partition coefficient (Wildman–Crippen LogP) is 2.51. The number of para-hydroxylation sites is 1. The van der Waals surface area contributed by atoms with E-state index in [9.17, 15) is 9.59 Å². The standard InChI is InChI=1S/C21H24N2O5/c1-21(2,16-6-4-5-7-17(16)27-3)20(25)23-10-11-28-18-12-14(19(24)22-26)8-9-15(18)13-23/h4-9,12,26H,10-11,13H2,1-3H3,(H,22,24). The summed E-state index contributed by atoms with van der Waals surface area (Å²) in [7, 11) is 1.59. The van der Waals surface area contributed by atoms with Crippen LogP contribution in [0.15, 0.2) is 42.5 Å². The second-order valence-corrected chi connectivity index (χ2v) is 7.16. The second-order valence-electron chi connectivity index (χ2n) is 7.16. The molecular formula is C21H24N2O5. The molecule has 0 aliphatic carbocycles. The summed E-state index contributed by atoms with van der Waals surface area (Å²) >= 11 is 0. The molecule has 0 atom stereocenters. The lowest BCUT2D eigenvalue weighted by Crippen LogP contribution is -2.44. The van der Waals surface area contributed by atoms with Gasteiger partial charge in [-0.2, -0.15) is 0 Å². The second kappa shape index (κ2) is 7.90. The summed E-state index contributed by atoms with van der Waals surface area (Å²) in [5, 5.41) is 8.80. The van der Waals surface area contributed by atoms with Crippen LogP contribution in [-0.2, 0) is 16.8 Å². The first-order valence-electron chi connectivity index (χ1n) is 9.01. The number of hydrogen-bond acceptors (Lipinski definition) is 5. The van der Waals surface area contributed by atoms with Crippen LogP contribution in [0.3, 0.4) is 0 Å². The Morgan fingerprint density at radius 3 is 2.68 bits per heavy atom. The monoisotopic (exact) mass is 384 g/mol. The van der Waals surface area contributed by atoms with Gasteiger partial charge in [0.25, 0.3) is 5.91 Å². The highest BCUT2D eigenvalue weighted by Gasteiger charge is 2.36. The number of benzene rings is 2. The first-order chi connectivity index (χ1) is 13.4. The molecule has 0 radical (unpaired) electrons. The molecule has 2 aromatic rings. The maximum absolute atomic E-state index is 13.4. The highest BCUT2D eigenvalue weighted by Crippen LogP contribution is 2.34. The van der Waals surface area contributed by atoms with Crippen molar-refractivity contribution < 1.29 is 24.3 Å². The average Bonchev–Trinajstić information content (AvgIpc) is 2.94. The number of ether oxygens (including phenoxy) is 2. The minimum atomic E-state index is -0.784. The SMILES string of the molecule is COc1ccccc1C(C)(C)C(=O)N1CCOc2cc(C(=O)NO)ccc2C1. The lowest BCUT2D eigenvalue weighted by molar-refractivity contribution is -0.137. The maximum atomic E-state index is 13.4. The van der Waals surface area contributed by atoms with Crippen LogP contribution in [0.1, 0.15) is 35.3 Å². The van der Waals surface area contributed by atoms with Gasteiger partial charge in [0, 0.05) is 23.2 Å². The minimum absolute atomic E-state index is 0.0365. The summed E-state index contributed by atoms with van der Waals surface area (Å²) in [5.74, 6) is 0.560. The number of carbonyl (C=O) groups is 2. The van der Waals surface area contributed by atoms with Gasteiger partial charge in [-0.3, -0.25) is 14.8 Å². The number of nitrogens with one attached hydrogen (secondary N) is 1. The Morgan fingerprint density at radius 2 is 1.96 bits per heavy atom. The molecule has 0 saturated carbocycles. The van der Waals surface area contributed by atoms with Gasteiger partial charge in [-0.25, -0.2) is 5.48 Å². The zero-order valence-electron chi connectivity index (χ0n) is 16.2. The summed E-state index contributed by atoms with van der Waals surface area (Å²) in [6.07, 6.45) is 0. The molecule has 3 rings (SSSR count). The number of fused-ring (bicyclic) bond motifs is 1. The van der Waals surface area contributed by atoms with Gasteiger partial charge in [0.15, 0.2) is 0 Å². The van der Waals surface area contributed by atoms with Crippen molar-refractivity contribution in [2.45, 2.75) is 25.8 Å². The maximum Gasteiger partial charge on any atom is 0.274 e. The van der Waals surface area contributed by atoms with Gasteiger partial charge in [0.1, 0.15) is 18.1 Å². The molecule has 0 fully saturated rings. The van der Waals surface area contributed by atoms with Gasteiger partial charge in [0.05, 0.1) is 19.1 Å². The van der Waals surface area contributed by atoms with Gasteiger partial charge in [-0.15, -0.1) is 0 Å². The fourth-order valence-corrected chi connectivity index (χ4v) is 3.42. The van der Waals surface area contributed by atoms with Crippen LogP contribution in [-0.4, -0.2) is 42.2 Å². The molecule has 2 N–H and O–H groups in total. The number of amides is 2. The minimum Gasteiger partial charge on any atom is -0.496 e. The first-order valence-corrected chi connectivity index (χ1v) is 9.01. The van der Waals surface area contributed by atoms with Crippen molar-refractivity contribution in [2.75, 3.05) is 20.3 Å². The molecule has 7 nitrogen and oxygen atoms in total. The molecular weight excluding hydrogens is 360 g/mol. The largest absolute Gasteiger partial charge is 0.496 e. The Balaban J connectivity index is 1.88. The molecule has 0 bridgehead atoms. The Bertz CT molecular complexity index is 894. The summed E-state index contributed by atoms with van der Waals surface area (Å²) in [6.45, 7) is 4.87. The fourth-order valence-electron chi connectivity index (χ4n) is 3.42. The molecule has 2 amide bonds. The van der Waals surface area contributed by atoms with Crippen LogP contribution in [0.2, 0.25) is 0 Å². The Kier molecular flexibility index (Phi) is 5.56. The zero-order valence-corrected chi connectivity index (χ0v) is 16.2. The van der Waals surface area contributed by atoms with Gasteiger partial charge in [0.2, 0.25) is 5.91 Å². The van der Waals surface area contributed by atoms with Gasteiger partial charge >= 0.3 is 0 Å². The third kappa shape index (κ3) is 3.66. The average molecular weight is 384 g/mol. The lowest BCUT2D eigenvalue weighted by Gasteiger charge is -2.32. The molecule has 1 aliphatic heterocycles. The van der Waals surface area contributed by atoms with Crippen LogP contribution in [0.25, 0.3) is 0 Å². The van der Waals surface area contributed by atoms with Crippen molar-refractivity contribution in [3.05, 3.63) is 59.2 Å². The van der Waals surface area contributed by atoms with Crippen LogP contribution in [0, 0.1) is 0 Å². The molecule has 0 saturated heterocycles. The van der Waals surface area contributed by atoms with E-state index in [-0.39, 0.29) is 11.5 Å². The topological polar surface area (TPSA) is 88.1 Å². The van der Waals surface area contributed by atoms with Crippen LogP contribution < -0.4 is 15.0 Å². The first kappa shape index (κ1) is 19.7. The van der Waals surface area contributed by atoms with E-state index >= 15 is 0 Å². The van der Waals surface area contributed by atoms with Crippen molar-refractivity contribution in [1.82, 2.24) is 10.4 Å². The van der Waals surface area contributed by atoms with Crippen molar-refractivity contribution in [1.29, 1.82) is 0 Å². The molecule has 1 heterocycles. The summed E-state index contributed by atoms with van der Waals surface area (Å²) in [6, 6.07) is 12.4. The van der Waals surface area contributed by atoms with E-state index < -0.39 is 11.3 Å². The van der Waals surface area contributed by atoms with Gasteiger partial charge in [-0.05, 0) is 32.0 Å². The molecule has 148 valence electrons. The van der Waals surface area contributed by atoms with Crippen molar-refractivity contribution in [2.24, 2.45) is 0 Å². The third-order valence-electron chi connectivity index (χ3n) is 5.01. The normalized spacial score (nSPS) is 13.8. The molecule has 0 spiro atoms. The van der Waals surface area contributed by atoms with E-state index in [0.717, 1.165) is 11.1 Å². The Morgan fingerprint density at radius 1 is 1.21 bits per heavy atom. The highest BCUT2D eigenvalue weighted by atomic mass is 16.5. The number of carbonyl (C=O) groups excluding carboxylic acids is 2. The molecule has 2 aromatic carbocycles. The van der Waals surface area contributed by atoms with E-state index in [1.54, 1.807) is 35.7 Å². The molecule has 7 heteroatoms. The number of hydroxylamine groups is 1. The van der Waals surface area contributed by atoms with Gasteiger partial charge in [-0.1, -0.05) is 24.3 Å². The van der Waals surface area contributed by atoms with Crippen molar-refractivity contribution in [3.8, 4) is 11.5 Å². The van der Waals surface area contributed by atoms with E-state index in [4.69, 9.17) is 14.7 Å². The Hall–Kier alpha value is -3.06. The van der Waals surface area contributed by atoms with Crippen LogP contribution in [0.4, 0.5) is 0 Å².